The first-order valence-corrected chi connectivity index (χ1v) is 9.13. The monoisotopic (exact) mass is 367 g/mol. The fourth-order valence-corrected chi connectivity index (χ4v) is 3.32. The SMILES string of the molecule is Cc1ccc(CC(NC(=O)N2CCC(C)(C(=O)O)C2)c2ccccn2)cc1. The van der Waals surface area contributed by atoms with Crippen LogP contribution in [-0.2, 0) is 11.2 Å². The lowest BCUT2D eigenvalue weighted by molar-refractivity contribution is -0.147. The number of pyridine rings is 1. The summed E-state index contributed by atoms with van der Waals surface area (Å²) in [6, 6.07) is 13.3. The Morgan fingerprint density at radius 2 is 2.00 bits per heavy atom. The Hall–Kier alpha value is -2.89. The Morgan fingerprint density at radius 3 is 2.59 bits per heavy atom. The third-order valence-corrected chi connectivity index (χ3v) is 5.18. The van der Waals surface area contributed by atoms with Crippen LogP contribution in [0.15, 0.2) is 48.7 Å². The van der Waals surface area contributed by atoms with Crippen molar-refractivity contribution >= 4 is 12.0 Å². The number of nitrogens with one attached hydrogen (secondary N) is 1. The van der Waals surface area contributed by atoms with E-state index >= 15 is 0 Å². The van der Waals surface area contributed by atoms with Crippen molar-refractivity contribution in [2.45, 2.75) is 32.7 Å². The molecule has 2 unspecified atom stereocenters. The van der Waals surface area contributed by atoms with Gasteiger partial charge in [0.25, 0.3) is 0 Å². The van der Waals surface area contributed by atoms with Crippen molar-refractivity contribution in [3.63, 3.8) is 0 Å². The molecule has 1 aromatic carbocycles. The first-order chi connectivity index (χ1) is 12.9. The van der Waals surface area contributed by atoms with Gasteiger partial charge in [0.1, 0.15) is 0 Å². The minimum atomic E-state index is -0.880. The number of likely N-dealkylation sites (tertiary alicyclic amines) is 1. The minimum Gasteiger partial charge on any atom is -0.481 e. The normalized spacial score (nSPS) is 20.3. The van der Waals surface area contributed by atoms with E-state index in [4.69, 9.17) is 0 Å². The van der Waals surface area contributed by atoms with Crippen molar-refractivity contribution in [2.24, 2.45) is 5.41 Å². The van der Waals surface area contributed by atoms with Gasteiger partial charge in [-0.1, -0.05) is 35.9 Å². The summed E-state index contributed by atoms with van der Waals surface area (Å²) in [4.78, 5) is 30.2. The number of nitrogens with zero attached hydrogens (tertiary/aromatic N) is 2. The van der Waals surface area contributed by atoms with Crippen LogP contribution in [0.2, 0.25) is 0 Å². The van der Waals surface area contributed by atoms with Gasteiger partial charge in [0.05, 0.1) is 17.2 Å². The predicted octanol–water partition coefficient (Wildman–Crippen LogP) is 3.18. The van der Waals surface area contributed by atoms with Gasteiger partial charge in [-0.05, 0) is 44.4 Å². The number of aromatic nitrogens is 1. The third-order valence-electron chi connectivity index (χ3n) is 5.18. The lowest BCUT2D eigenvalue weighted by Crippen LogP contribution is -2.43. The van der Waals surface area contributed by atoms with Gasteiger partial charge in [-0.3, -0.25) is 9.78 Å². The Bertz CT molecular complexity index is 807. The molecule has 1 saturated heterocycles. The van der Waals surface area contributed by atoms with Gasteiger partial charge in [-0.15, -0.1) is 0 Å². The zero-order valence-electron chi connectivity index (χ0n) is 15.7. The highest BCUT2D eigenvalue weighted by atomic mass is 16.4. The molecule has 2 atom stereocenters. The highest BCUT2D eigenvalue weighted by molar-refractivity contribution is 5.79. The number of rotatable bonds is 5. The van der Waals surface area contributed by atoms with Crippen LogP contribution < -0.4 is 5.32 Å². The third kappa shape index (κ3) is 4.45. The fraction of sp³-hybridized carbons (Fsp3) is 0.381. The molecule has 3 rings (SSSR count). The molecular formula is C21H25N3O3. The van der Waals surface area contributed by atoms with Crippen LogP contribution in [0.4, 0.5) is 4.79 Å². The number of carboxylic acids is 1. The first-order valence-electron chi connectivity index (χ1n) is 9.13. The largest absolute Gasteiger partial charge is 0.481 e. The molecule has 2 aromatic rings. The number of hydrogen-bond acceptors (Lipinski definition) is 3. The zero-order valence-corrected chi connectivity index (χ0v) is 15.7. The average Bonchev–Trinajstić information content (AvgIpc) is 3.07. The van der Waals surface area contributed by atoms with Gasteiger partial charge in [-0.25, -0.2) is 4.79 Å². The smallest absolute Gasteiger partial charge is 0.317 e. The van der Waals surface area contributed by atoms with Gasteiger partial charge in [0.15, 0.2) is 0 Å². The summed E-state index contributed by atoms with van der Waals surface area (Å²) in [6.45, 7) is 4.38. The molecule has 1 aliphatic rings. The number of hydrogen-bond donors (Lipinski definition) is 2. The number of benzene rings is 1. The summed E-state index contributed by atoms with van der Waals surface area (Å²) in [5.41, 5.74) is 2.19. The number of carbonyl (C=O) groups excluding carboxylic acids is 1. The molecule has 2 amide bonds. The van der Waals surface area contributed by atoms with Crippen LogP contribution in [0, 0.1) is 12.3 Å². The molecule has 0 saturated carbocycles. The average molecular weight is 367 g/mol. The molecule has 0 spiro atoms. The van der Waals surface area contributed by atoms with Crippen LogP contribution in [-0.4, -0.2) is 40.1 Å². The zero-order chi connectivity index (χ0) is 19.4. The molecule has 6 heteroatoms. The van der Waals surface area contributed by atoms with Gasteiger partial charge >= 0.3 is 12.0 Å². The first kappa shape index (κ1) is 18.9. The number of carbonyl (C=O) groups is 2. The predicted molar refractivity (Wildman–Crippen MR) is 102 cm³/mol. The van der Waals surface area contributed by atoms with E-state index in [1.54, 1.807) is 18.0 Å². The van der Waals surface area contributed by atoms with Crippen LogP contribution in [0.1, 0.15) is 36.2 Å². The number of urea groups is 1. The highest BCUT2D eigenvalue weighted by Crippen LogP contribution is 2.30. The van der Waals surface area contributed by atoms with Crippen molar-refractivity contribution in [1.29, 1.82) is 0 Å². The maximum atomic E-state index is 12.8. The van der Waals surface area contributed by atoms with E-state index in [0.717, 1.165) is 11.3 Å². The van der Waals surface area contributed by atoms with Crippen molar-refractivity contribution in [1.82, 2.24) is 15.2 Å². The van der Waals surface area contributed by atoms with Crippen LogP contribution in [0.25, 0.3) is 0 Å². The quantitative estimate of drug-likeness (QED) is 0.850. The van der Waals surface area contributed by atoms with Crippen molar-refractivity contribution in [3.8, 4) is 0 Å². The molecule has 1 aliphatic heterocycles. The number of aliphatic carboxylic acids is 1. The molecular weight excluding hydrogens is 342 g/mol. The lowest BCUT2D eigenvalue weighted by Gasteiger charge is -2.24. The second-order valence-corrected chi connectivity index (χ2v) is 7.48. The van der Waals surface area contributed by atoms with Crippen molar-refractivity contribution in [2.75, 3.05) is 13.1 Å². The molecule has 0 aliphatic carbocycles. The van der Waals surface area contributed by atoms with Crippen molar-refractivity contribution in [3.05, 3.63) is 65.5 Å². The van der Waals surface area contributed by atoms with Crippen LogP contribution >= 0.6 is 0 Å². The van der Waals surface area contributed by atoms with E-state index in [1.165, 1.54) is 5.56 Å². The molecule has 0 bridgehead atoms. The molecule has 2 N–H and O–H groups in total. The van der Waals surface area contributed by atoms with E-state index < -0.39 is 11.4 Å². The Kier molecular flexibility index (Phi) is 5.44. The van der Waals surface area contributed by atoms with E-state index in [1.807, 2.05) is 37.3 Å². The number of amides is 2. The van der Waals surface area contributed by atoms with Crippen LogP contribution in [0.5, 0.6) is 0 Å². The summed E-state index contributed by atoms with van der Waals surface area (Å²) in [7, 11) is 0. The number of aryl methyl sites for hydroxylation is 1. The van der Waals surface area contributed by atoms with E-state index in [0.29, 0.717) is 19.4 Å². The molecule has 0 radical (unpaired) electrons. The number of carboxylic acid groups (broad SMARTS) is 1. The highest BCUT2D eigenvalue weighted by Gasteiger charge is 2.42. The minimum absolute atomic E-state index is 0.216. The van der Waals surface area contributed by atoms with Gasteiger partial charge in [0, 0.05) is 19.3 Å². The Balaban J connectivity index is 1.74. The maximum absolute atomic E-state index is 12.8. The van der Waals surface area contributed by atoms with Gasteiger partial charge < -0.3 is 15.3 Å². The van der Waals surface area contributed by atoms with E-state index in [2.05, 4.69) is 22.4 Å². The summed E-state index contributed by atoms with van der Waals surface area (Å²) in [5.74, 6) is -0.862. The molecule has 2 heterocycles. The molecule has 6 nitrogen and oxygen atoms in total. The standard InChI is InChI=1S/C21H25N3O3/c1-15-6-8-16(9-7-15)13-18(17-5-3-4-11-22-17)23-20(27)24-12-10-21(2,14-24)19(25)26/h3-9,11,18H,10,12-14H2,1-2H3,(H,23,27)(H,25,26). The van der Waals surface area contributed by atoms with Gasteiger partial charge in [-0.2, -0.15) is 0 Å². The second-order valence-electron chi connectivity index (χ2n) is 7.48. The van der Waals surface area contributed by atoms with E-state index in [9.17, 15) is 14.7 Å². The summed E-state index contributed by atoms with van der Waals surface area (Å²) < 4.78 is 0. The maximum Gasteiger partial charge on any atom is 0.317 e. The molecule has 27 heavy (non-hydrogen) atoms. The summed E-state index contributed by atoms with van der Waals surface area (Å²) >= 11 is 0. The Labute approximate surface area is 159 Å². The fourth-order valence-electron chi connectivity index (χ4n) is 3.32. The topological polar surface area (TPSA) is 82.5 Å². The second kappa shape index (κ2) is 7.78. The molecule has 1 aromatic heterocycles. The molecule has 142 valence electrons. The summed E-state index contributed by atoms with van der Waals surface area (Å²) in [5, 5.41) is 12.4. The van der Waals surface area contributed by atoms with Crippen LogP contribution in [0.3, 0.4) is 0 Å². The van der Waals surface area contributed by atoms with Gasteiger partial charge in [0.2, 0.25) is 0 Å². The molecule has 1 fully saturated rings. The van der Waals surface area contributed by atoms with Crippen molar-refractivity contribution < 1.29 is 14.7 Å². The lowest BCUT2D eigenvalue weighted by atomic mass is 9.90. The van der Waals surface area contributed by atoms with E-state index in [-0.39, 0.29) is 18.6 Å². The Morgan fingerprint density at radius 1 is 1.26 bits per heavy atom. The summed E-state index contributed by atoms with van der Waals surface area (Å²) in [6.07, 6.45) is 2.79.